The summed E-state index contributed by atoms with van der Waals surface area (Å²) in [6.07, 6.45) is 1.37. The fraction of sp³-hybridized carbons (Fsp3) is 0.455. The minimum atomic E-state index is -0.243. The number of aromatic nitrogens is 1. The topological polar surface area (TPSA) is 45.2 Å². The highest BCUT2D eigenvalue weighted by Gasteiger charge is 2.13. The molecule has 17 heavy (non-hydrogen) atoms. The minimum absolute atomic E-state index is 0.243. The number of carbonyl (C=O) groups excluding carboxylic acids is 1. The average molecular weight is 276 g/mol. The van der Waals surface area contributed by atoms with Gasteiger partial charge in [0.25, 0.3) is 5.91 Å². The fourth-order valence-corrected chi connectivity index (χ4v) is 1.45. The zero-order chi connectivity index (χ0) is 13.0. The third-order valence-electron chi connectivity index (χ3n) is 2.51. The normalized spacial score (nSPS) is 12.6. The molecule has 1 atom stereocenters. The van der Waals surface area contributed by atoms with E-state index >= 15 is 0 Å². The Kier molecular flexibility index (Phi) is 5.18. The Morgan fingerprint density at radius 2 is 2.18 bits per heavy atom. The molecule has 6 heteroatoms. The summed E-state index contributed by atoms with van der Waals surface area (Å²) < 4.78 is 0. The number of halogens is 2. The van der Waals surface area contributed by atoms with Gasteiger partial charge in [-0.05, 0) is 27.1 Å². The molecule has 1 aromatic rings. The predicted octanol–water partition coefficient (Wildman–Crippen LogP) is 2.07. The molecule has 0 bridgehead atoms. The van der Waals surface area contributed by atoms with Crippen molar-refractivity contribution < 1.29 is 4.79 Å². The molecule has 0 saturated heterocycles. The number of amides is 1. The lowest BCUT2D eigenvalue weighted by Gasteiger charge is -2.20. The summed E-state index contributed by atoms with van der Waals surface area (Å²) in [5.74, 6) is -0.243. The van der Waals surface area contributed by atoms with E-state index in [2.05, 4.69) is 10.3 Å². The molecule has 0 aliphatic rings. The third kappa shape index (κ3) is 4.15. The van der Waals surface area contributed by atoms with E-state index in [-0.39, 0.29) is 17.1 Å². The Balaban J connectivity index is 2.67. The maximum Gasteiger partial charge on any atom is 0.253 e. The van der Waals surface area contributed by atoms with Gasteiger partial charge in [0.05, 0.1) is 10.6 Å². The highest BCUT2D eigenvalue weighted by Crippen LogP contribution is 2.17. The van der Waals surface area contributed by atoms with E-state index in [1.165, 1.54) is 12.3 Å². The first kappa shape index (κ1) is 14.2. The minimum Gasteiger partial charge on any atom is -0.350 e. The van der Waals surface area contributed by atoms with Crippen LogP contribution in [0.2, 0.25) is 10.2 Å². The highest BCUT2D eigenvalue weighted by molar-refractivity contribution is 6.35. The first-order valence-electron chi connectivity index (χ1n) is 5.17. The molecular weight excluding hydrogens is 261 g/mol. The van der Waals surface area contributed by atoms with Crippen LogP contribution in [0.15, 0.2) is 12.3 Å². The molecule has 0 radical (unpaired) electrons. The van der Waals surface area contributed by atoms with Gasteiger partial charge in [0, 0.05) is 18.8 Å². The standard InChI is InChI=1S/C11H15Cl2N3O/c1-7(16(2)3)5-15-11(17)8-4-10(13)14-6-9(8)12/h4,6-7H,5H2,1-3H3,(H,15,17). The molecule has 0 saturated carbocycles. The van der Waals surface area contributed by atoms with Crippen molar-refractivity contribution in [1.82, 2.24) is 15.2 Å². The van der Waals surface area contributed by atoms with Gasteiger partial charge in [-0.1, -0.05) is 23.2 Å². The number of carbonyl (C=O) groups is 1. The van der Waals surface area contributed by atoms with Crippen LogP contribution < -0.4 is 5.32 Å². The molecular formula is C11H15Cl2N3O. The maximum atomic E-state index is 11.8. The summed E-state index contributed by atoms with van der Waals surface area (Å²) in [5, 5.41) is 3.34. The van der Waals surface area contributed by atoms with Gasteiger partial charge >= 0.3 is 0 Å². The van der Waals surface area contributed by atoms with Crippen molar-refractivity contribution in [2.75, 3.05) is 20.6 Å². The maximum absolute atomic E-state index is 11.8. The highest BCUT2D eigenvalue weighted by atomic mass is 35.5. The summed E-state index contributed by atoms with van der Waals surface area (Å²) in [6, 6.07) is 1.70. The van der Waals surface area contributed by atoms with Crippen molar-refractivity contribution >= 4 is 29.1 Å². The average Bonchev–Trinajstić information content (AvgIpc) is 2.28. The second kappa shape index (κ2) is 6.19. The van der Waals surface area contributed by atoms with Gasteiger partial charge in [0.15, 0.2) is 0 Å². The number of nitrogens with zero attached hydrogens (tertiary/aromatic N) is 2. The number of pyridine rings is 1. The Morgan fingerprint density at radius 1 is 1.53 bits per heavy atom. The van der Waals surface area contributed by atoms with Crippen LogP contribution in [0.25, 0.3) is 0 Å². The van der Waals surface area contributed by atoms with E-state index in [1.54, 1.807) is 0 Å². The van der Waals surface area contributed by atoms with E-state index in [0.29, 0.717) is 17.1 Å². The van der Waals surface area contributed by atoms with Gasteiger partial charge in [-0.25, -0.2) is 4.98 Å². The van der Waals surface area contributed by atoms with Gasteiger partial charge < -0.3 is 10.2 Å². The van der Waals surface area contributed by atoms with Crippen LogP contribution in [0.1, 0.15) is 17.3 Å². The number of hydrogen-bond donors (Lipinski definition) is 1. The van der Waals surface area contributed by atoms with Crippen molar-refractivity contribution in [3.8, 4) is 0 Å². The molecule has 1 unspecified atom stereocenters. The monoisotopic (exact) mass is 275 g/mol. The van der Waals surface area contributed by atoms with Crippen LogP contribution in [0.3, 0.4) is 0 Å². The molecule has 0 aliphatic carbocycles. The molecule has 0 fully saturated rings. The Morgan fingerprint density at radius 3 is 2.76 bits per heavy atom. The van der Waals surface area contributed by atoms with Crippen LogP contribution >= 0.6 is 23.2 Å². The van der Waals surface area contributed by atoms with Crippen molar-refractivity contribution in [3.63, 3.8) is 0 Å². The third-order valence-corrected chi connectivity index (χ3v) is 3.01. The van der Waals surface area contributed by atoms with Crippen molar-refractivity contribution in [2.45, 2.75) is 13.0 Å². The predicted molar refractivity (Wildman–Crippen MR) is 69.7 cm³/mol. The Bertz CT molecular complexity index is 410. The van der Waals surface area contributed by atoms with Crippen molar-refractivity contribution in [2.24, 2.45) is 0 Å². The molecule has 1 rings (SSSR count). The number of nitrogens with one attached hydrogen (secondary N) is 1. The summed E-state index contributed by atoms with van der Waals surface area (Å²) in [7, 11) is 3.90. The van der Waals surface area contributed by atoms with Gasteiger partial charge in [-0.15, -0.1) is 0 Å². The fourth-order valence-electron chi connectivity index (χ4n) is 1.11. The quantitative estimate of drug-likeness (QED) is 0.856. The van der Waals surface area contributed by atoms with E-state index in [0.717, 1.165) is 0 Å². The molecule has 0 aliphatic heterocycles. The second-order valence-corrected chi connectivity index (χ2v) is 4.80. The van der Waals surface area contributed by atoms with Gasteiger partial charge in [-0.3, -0.25) is 4.79 Å². The number of likely N-dealkylation sites (N-methyl/N-ethyl adjacent to an activating group) is 1. The lowest BCUT2D eigenvalue weighted by molar-refractivity contribution is 0.0943. The van der Waals surface area contributed by atoms with E-state index in [9.17, 15) is 4.79 Å². The first-order valence-corrected chi connectivity index (χ1v) is 5.93. The molecule has 4 nitrogen and oxygen atoms in total. The van der Waals surface area contributed by atoms with Crippen LogP contribution in [-0.2, 0) is 0 Å². The van der Waals surface area contributed by atoms with E-state index < -0.39 is 0 Å². The molecule has 1 heterocycles. The van der Waals surface area contributed by atoms with Gasteiger partial charge in [0.1, 0.15) is 5.15 Å². The van der Waals surface area contributed by atoms with Crippen molar-refractivity contribution in [1.29, 1.82) is 0 Å². The lowest BCUT2D eigenvalue weighted by Crippen LogP contribution is -2.38. The SMILES string of the molecule is CC(CNC(=O)c1cc(Cl)ncc1Cl)N(C)C. The molecule has 1 amide bonds. The number of hydrogen-bond acceptors (Lipinski definition) is 3. The largest absolute Gasteiger partial charge is 0.350 e. The van der Waals surface area contributed by atoms with Gasteiger partial charge in [0.2, 0.25) is 0 Å². The molecule has 1 aromatic heterocycles. The molecule has 94 valence electrons. The second-order valence-electron chi connectivity index (χ2n) is 4.01. The van der Waals surface area contributed by atoms with E-state index in [4.69, 9.17) is 23.2 Å². The zero-order valence-corrected chi connectivity index (χ0v) is 11.5. The molecule has 0 spiro atoms. The summed E-state index contributed by atoms with van der Waals surface area (Å²) in [6.45, 7) is 2.56. The van der Waals surface area contributed by atoms with Crippen LogP contribution in [0.4, 0.5) is 0 Å². The zero-order valence-electron chi connectivity index (χ0n) is 10.00. The smallest absolute Gasteiger partial charge is 0.253 e. The van der Waals surface area contributed by atoms with Crippen LogP contribution in [-0.4, -0.2) is 42.5 Å². The molecule has 0 aromatic carbocycles. The van der Waals surface area contributed by atoms with Crippen LogP contribution in [0.5, 0.6) is 0 Å². The summed E-state index contributed by atoms with van der Waals surface area (Å²) >= 11 is 11.6. The van der Waals surface area contributed by atoms with Gasteiger partial charge in [-0.2, -0.15) is 0 Å². The molecule has 1 N–H and O–H groups in total. The van der Waals surface area contributed by atoms with E-state index in [1.807, 2.05) is 25.9 Å². The Hall–Kier alpha value is -0.840. The number of rotatable bonds is 4. The lowest BCUT2D eigenvalue weighted by atomic mass is 10.2. The van der Waals surface area contributed by atoms with Crippen LogP contribution in [0, 0.1) is 0 Å². The van der Waals surface area contributed by atoms with Crippen molar-refractivity contribution in [3.05, 3.63) is 28.0 Å². The Labute approximate surface area is 111 Å². The first-order chi connectivity index (χ1) is 7.91. The summed E-state index contributed by atoms with van der Waals surface area (Å²) in [4.78, 5) is 17.7. The summed E-state index contributed by atoms with van der Waals surface area (Å²) in [5.41, 5.74) is 0.345.